The number of nitrogens with one attached hydrogen (secondary N) is 1. The number of fused-ring (bicyclic) bond motifs is 3. The lowest BCUT2D eigenvalue weighted by atomic mass is 10.2. The van der Waals surface area contributed by atoms with Gasteiger partial charge < -0.3 is 10.1 Å². The van der Waals surface area contributed by atoms with Crippen LogP contribution in [0.15, 0.2) is 79.1 Å². The zero-order valence-electron chi connectivity index (χ0n) is 15.5. The van der Waals surface area contributed by atoms with Gasteiger partial charge in [-0.05, 0) is 54.6 Å². The Morgan fingerprint density at radius 2 is 1.83 bits per heavy atom. The predicted molar refractivity (Wildman–Crippen MR) is 109 cm³/mol. The van der Waals surface area contributed by atoms with Crippen LogP contribution in [0.5, 0.6) is 11.6 Å². The molecule has 0 aliphatic carbocycles. The molecule has 1 N–H and O–H groups in total. The van der Waals surface area contributed by atoms with E-state index in [9.17, 15) is 9.18 Å². The van der Waals surface area contributed by atoms with Crippen LogP contribution in [0.3, 0.4) is 0 Å². The molecular weight excluding hydrogens is 385 g/mol. The molecule has 8 heteroatoms. The highest BCUT2D eigenvalue weighted by molar-refractivity contribution is 6.04. The highest BCUT2D eigenvalue weighted by Gasteiger charge is 2.13. The molecule has 0 aliphatic heterocycles. The quantitative estimate of drug-likeness (QED) is 0.483. The molecule has 0 fully saturated rings. The number of amides is 1. The molecule has 0 aliphatic rings. The second kappa shape index (κ2) is 7.25. The van der Waals surface area contributed by atoms with Crippen LogP contribution >= 0.6 is 0 Å². The summed E-state index contributed by atoms with van der Waals surface area (Å²) in [5.41, 5.74) is 2.91. The van der Waals surface area contributed by atoms with Crippen molar-refractivity contribution in [2.75, 3.05) is 5.32 Å². The number of nitrogens with zero attached hydrogens (tertiary/aromatic N) is 4. The number of anilines is 1. The molecule has 5 rings (SSSR count). The molecule has 2 aromatic heterocycles. The van der Waals surface area contributed by atoms with Gasteiger partial charge in [-0.3, -0.25) is 9.20 Å². The van der Waals surface area contributed by atoms with Gasteiger partial charge in [0.05, 0.1) is 11.0 Å². The van der Waals surface area contributed by atoms with Crippen LogP contribution in [0.25, 0.3) is 16.7 Å². The molecule has 0 saturated heterocycles. The average Bonchev–Trinajstić information content (AvgIpc) is 3.26. The average molecular weight is 399 g/mol. The first-order valence-corrected chi connectivity index (χ1v) is 9.11. The molecule has 0 radical (unpaired) electrons. The summed E-state index contributed by atoms with van der Waals surface area (Å²) in [4.78, 5) is 16.8. The number of carbonyl (C=O) groups is 1. The van der Waals surface area contributed by atoms with E-state index in [1.165, 1.54) is 18.2 Å². The van der Waals surface area contributed by atoms with Gasteiger partial charge in [0.2, 0.25) is 5.65 Å². The number of hydrogen-bond donors (Lipinski definition) is 1. The van der Waals surface area contributed by atoms with E-state index in [1.807, 2.05) is 28.7 Å². The molecule has 0 saturated carbocycles. The molecule has 30 heavy (non-hydrogen) atoms. The van der Waals surface area contributed by atoms with E-state index in [0.717, 1.165) is 11.0 Å². The Balaban J connectivity index is 1.38. The molecule has 0 spiro atoms. The van der Waals surface area contributed by atoms with Crippen LogP contribution in [0.1, 0.15) is 10.4 Å². The molecule has 1 amide bonds. The molecule has 7 nitrogen and oxygen atoms in total. The van der Waals surface area contributed by atoms with Crippen molar-refractivity contribution in [2.45, 2.75) is 0 Å². The standard InChI is InChI=1S/C22H14FN5O2/c23-15-5-3-4-14(12-15)21(29)25-16-8-10-17(11-9-16)30-22-20-27-24-13-28(20)19-7-2-1-6-18(19)26-22/h1-13H,(H,25,29). The Morgan fingerprint density at radius 1 is 1.00 bits per heavy atom. The summed E-state index contributed by atoms with van der Waals surface area (Å²) in [6.45, 7) is 0. The molecule has 146 valence electrons. The number of aromatic nitrogens is 4. The highest BCUT2D eigenvalue weighted by Crippen LogP contribution is 2.27. The second-order valence-corrected chi connectivity index (χ2v) is 6.52. The maximum absolute atomic E-state index is 13.3. The van der Waals surface area contributed by atoms with Crippen molar-refractivity contribution >= 4 is 28.3 Å². The Morgan fingerprint density at radius 3 is 2.67 bits per heavy atom. The Kier molecular flexibility index (Phi) is 4.29. The molecule has 2 heterocycles. The largest absolute Gasteiger partial charge is 0.436 e. The highest BCUT2D eigenvalue weighted by atomic mass is 19.1. The van der Waals surface area contributed by atoms with Crippen molar-refractivity contribution in [2.24, 2.45) is 0 Å². The summed E-state index contributed by atoms with van der Waals surface area (Å²) >= 11 is 0. The molecule has 0 bridgehead atoms. The monoisotopic (exact) mass is 399 g/mol. The molecular formula is C22H14FN5O2. The van der Waals surface area contributed by atoms with E-state index in [1.54, 1.807) is 36.7 Å². The number of halogens is 1. The maximum Gasteiger partial charge on any atom is 0.266 e. The smallest absolute Gasteiger partial charge is 0.266 e. The number of para-hydroxylation sites is 2. The van der Waals surface area contributed by atoms with Crippen LogP contribution in [0.4, 0.5) is 10.1 Å². The van der Waals surface area contributed by atoms with Gasteiger partial charge in [0, 0.05) is 11.3 Å². The summed E-state index contributed by atoms with van der Waals surface area (Å²) in [6.07, 6.45) is 1.61. The minimum atomic E-state index is -0.464. The topological polar surface area (TPSA) is 81.4 Å². The summed E-state index contributed by atoms with van der Waals surface area (Å²) in [7, 11) is 0. The Hall–Kier alpha value is -4.33. The zero-order chi connectivity index (χ0) is 20.5. The summed E-state index contributed by atoms with van der Waals surface area (Å²) in [5, 5.41) is 10.8. The number of rotatable bonds is 4. The Labute approximate surface area is 169 Å². The van der Waals surface area contributed by atoms with Crippen molar-refractivity contribution in [1.82, 2.24) is 19.6 Å². The van der Waals surface area contributed by atoms with E-state index in [4.69, 9.17) is 4.74 Å². The molecule has 0 atom stereocenters. The fourth-order valence-electron chi connectivity index (χ4n) is 3.10. The number of hydrogen-bond acceptors (Lipinski definition) is 5. The van der Waals surface area contributed by atoms with Gasteiger partial charge in [0.15, 0.2) is 0 Å². The minimum Gasteiger partial charge on any atom is -0.436 e. The van der Waals surface area contributed by atoms with Crippen molar-refractivity contribution in [3.63, 3.8) is 0 Å². The zero-order valence-corrected chi connectivity index (χ0v) is 15.5. The molecule has 5 aromatic rings. The normalized spacial score (nSPS) is 11.0. The summed E-state index contributed by atoms with van der Waals surface area (Å²) in [6, 6.07) is 19.9. The van der Waals surface area contributed by atoms with E-state index >= 15 is 0 Å². The fraction of sp³-hybridized carbons (Fsp3) is 0. The second-order valence-electron chi connectivity index (χ2n) is 6.52. The third kappa shape index (κ3) is 3.30. The maximum atomic E-state index is 13.3. The first-order valence-electron chi connectivity index (χ1n) is 9.11. The number of ether oxygens (including phenoxy) is 1. The predicted octanol–water partition coefficient (Wildman–Crippen LogP) is 4.46. The van der Waals surface area contributed by atoms with Crippen LogP contribution in [0, 0.1) is 5.82 Å². The minimum absolute atomic E-state index is 0.241. The molecule has 0 unspecified atom stereocenters. The van der Waals surface area contributed by atoms with Gasteiger partial charge in [-0.1, -0.05) is 18.2 Å². The third-order valence-corrected chi connectivity index (χ3v) is 4.52. The van der Waals surface area contributed by atoms with E-state index in [2.05, 4.69) is 20.5 Å². The number of benzene rings is 3. The van der Waals surface area contributed by atoms with E-state index in [-0.39, 0.29) is 5.56 Å². The third-order valence-electron chi connectivity index (χ3n) is 4.52. The van der Waals surface area contributed by atoms with Crippen LogP contribution in [0.2, 0.25) is 0 Å². The Bertz CT molecular complexity index is 1380. The van der Waals surface area contributed by atoms with Crippen molar-refractivity contribution in [3.8, 4) is 11.6 Å². The lowest BCUT2D eigenvalue weighted by molar-refractivity contribution is 0.102. The lowest BCUT2D eigenvalue weighted by Crippen LogP contribution is -2.11. The van der Waals surface area contributed by atoms with Gasteiger partial charge in [0.25, 0.3) is 11.8 Å². The van der Waals surface area contributed by atoms with E-state index in [0.29, 0.717) is 23.0 Å². The van der Waals surface area contributed by atoms with Crippen molar-refractivity contribution in [1.29, 1.82) is 0 Å². The first-order chi connectivity index (χ1) is 14.7. The summed E-state index contributed by atoms with van der Waals surface area (Å²) in [5.74, 6) is -0.0206. The van der Waals surface area contributed by atoms with Gasteiger partial charge >= 0.3 is 0 Å². The summed E-state index contributed by atoms with van der Waals surface area (Å²) < 4.78 is 21.0. The van der Waals surface area contributed by atoms with Gasteiger partial charge in [-0.25, -0.2) is 9.37 Å². The van der Waals surface area contributed by atoms with Gasteiger partial charge in [0.1, 0.15) is 17.9 Å². The van der Waals surface area contributed by atoms with Crippen LogP contribution in [-0.2, 0) is 0 Å². The fourth-order valence-corrected chi connectivity index (χ4v) is 3.10. The first kappa shape index (κ1) is 17.7. The number of carbonyl (C=O) groups excluding carboxylic acids is 1. The van der Waals surface area contributed by atoms with E-state index < -0.39 is 11.7 Å². The van der Waals surface area contributed by atoms with Crippen molar-refractivity contribution in [3.05, 3.63) is 90.5 Å². The van der Waals surface area contributed by atoms with Crippen LogP contribution in [-0.4, -0.2) is 25.5 Å². The van der Waals surface area contributed by atoms with Gasteiger partial charge in [-0.15, -0.1) is 10.2 Å². The van der Waals surface area contributed by atoms with Crippen LogP contribution < -0.4 is 10.1 Å². The molecule has 3 aromatic carbocycles. The van der Waals surface area contributed by atoms with Crippen molar-refractivity contribution < 1.29 is 13.9 Å². The SMILES string of the molecule is O=C(Nc1ccc(Oc2nc3ccccc3n3cnnc23)cc1)c1cccc(F)c1. The van der Waals surface area contributed by atoms with Gasteiger partial charge in [-0.2, -0.15) is 0 Å². The lowest BCUT2D eigenvalue weighted by Gasteiger charge is -2.09.